The highest BCUT2D eigenvalue weighted by Crippen LogP contribution is 2.18. The smallest absolute Gasteiger partial charge is 0.174 e. The van der Waals surface area contributed by atoms with Crippen molar-refractivity contribution in [2.24, 2.45) is 5.92 Å². The van der Waals surface area contributed by atoms with Crippen molar-refractivity contribution in [2.75, 3.05) is 38.1 Å². The van der Waals surface area contributed by atoms with Crippen LogP contribution in [0.5, 0.6) is 0 Å². The van der Waals surface area contributed by atoms with E-state index in [0.29, 0.717) is 5.92 Å². The summed E-state index contributed by atoms with van der Waals surface area (Å²) in [5, 5.41) is 16.9. The van der Waals surface area contributed by atoms with E-state index in [4.69, 9.17) is 5.11 Å². The third-order valence-electron chi connectivity index (χ3n) is 4.54. The van der Waals surface area contributed by atoms with E-state index in [-0.39, 0.29) is 6.61 Å². The van der Waals surface area contributed by atoms with Crippen molar-refractivity contribution >= 4 is 5.82 Å². The lowest BCUT2D eigenvalue weighted by Crippen LogP contribution is -2.37. The molecule has 1 aliphatic rings. The predicted molar refractivity (Wildman–Crippen MR) is 93.4 cm³/mol. The van der Waals surface area contributed by atoms with E-state index in [2.05, 4.69) is 25.3 Å². The van der Waals surface area contributed by atoms with E-state index < -0.39 is 0 Å². The molecule has 7 heteroatoms. The van der Waals surface area contributed by atoms with Crippen molar-refractivity contribution < 1.29 is 5.11 Å². The van der Waals surface area contributed by atoms with Crippen LogP contribution in [0.15, 0.2) is 18.5 Å². The first-order chi connectivity index (χ1) is 11.7. The molecular formula is C17H26N6O. The number of hydrogen-bond donors (Lipinski definition) is 2. The average Bonchev–Trinajstić information content (AvgIpc) is 2.93. The lowest BCUT2D eigenvalue weighted by Gasteiger charge is -2.31. The van der Waals surface area contributed by atoms with E-state index in [0.717, 1.165) is 62.0 Å². The summed E-state index contributed by atoms with van der Waals surface area (Å²) in [4.78, 5) is 11.2. The molecule has 0 atom stereocenters. The number of hydrogen-bond acceptors (Lipinski definition) is 6. The van der Waals surface area contributed by atoms with Crippen LogP contribution in [-0.2, 0) is 0 Å². The number of anilines is 1. The van der Waals surface area contributed by atoms with Gasteiger partial charge in [0.1, 0.15) is 5.82 Å². The highest BCUT2D eigenvalue weighted by Gasteiger charge is 2.18. The summed E-state index contributed by atoms with van der Waals surface area (Å²) in [6.45, 7) is 8.05. The van der Waals surface area contributed by atoms with E-state index in [1.807, 2.05) is 24.6 Å². The Bertz CT molecular complexity index is 663. The van der Waals surface area contributed by atoms with E-state index in [1.54, 1.807) is 12.4 Å². The second-order valence-corrected chi connectivity index (χ2v) is 6.49. The number of aliphatic hydroxyl groups excluding tert-OH is 1. The van der Waals surface area contributed by atoms with Crippen LogP contribution in [0.1, 0.15) is 24.2 Å². The van der Waals surface area contributed by atoms with Gasteiger partial charge in [-0.15, -0.1) is 0 Å². The third-order valence-corrected chi connectivity index (χ3v) is 4.54. The maximum atomic E-state index is 9.00. The quantitative estimate of drug-likeness (QED) is 0.833. The summed E-state index contributed by atoms with van der Waals surface area (Å²) in [7, 11) is 0. The molecule has 0 spiro atoms. The minimum atomic E-state index is 0.248. The second kappa shape index (κ2) is 7.72. The fourth-order valence-electron chi connectivity index (χ4n) is 3.21. The number of nitrogens with zero attached hydrogens (tertiary/aromatic N) is 5. The van der Waals surface area contributed by atoms with E-state index in [1.165, 1.54) is 0 Å². The average molecular weight is 330 g/mol. The van der Waals surface area contributed by atoms with Gasteiger partial charge in [0.25, 0.3) is 0 Å². The summed E-state index contributed by atoms with van der Waals surface area (Å²) in [5.41, 5.74) is 2.03. The van der Waals surface area contributed by atoms with Gasteiger partial charge >= 0.3 is 0 Å². The number of aryl methyl sites for hydroxylation is 2. The zero-order valence-electron chi connectivity index (χ0n) is 14.4. The zero-order valence-corrected chi connectivity index (χ0v) is 14.4. The van der Waals surface area contributed by atoms with Crippen LogP contribution in [-0.4, -0.2) is 62.5 Å². The Balaban J connectivity index is 1.57. The van der Waals surface area contributed by atoms with Gasteiger partial charge in [-0.25, -0.2) is 9.67 Å². The summed E-state index contributed by atoms with van der Waals surface area (Å²) in [5.74, 6) is 2.17. The van der Waals surface area contributed by atoms with Gasteiger partial charge in [0.15, 0.2) is 5.82 Å². The number of β-amino-alcohol motifs (C(OH)–C–C–N with tert-alkyl or cyclic N) is 1. The maximum Gasteiger partial charge on any atom is 0.174 e. The van der Waals surface area contributed by atoms with Gasteiger partial charge in [-0.1, -0.05) is 0 Å². The molecule has 3 heterocycles. The van der Waals surface area contributed by atoms with E-state index >= 15 is 0 Å². The van der Waals surface area contributed by atoms with Gasteiger partial charge in [0.2, 0.25) is 0 Å². The SMILES string of the molecule is Cc1cc(C)n(-c2cncc(NCC3CCN(CCO)CC3)n2)n1. The van der Waals surface area contributed by atoms with Crippen molar-refractivity contribution in [3.63, 3.8) is 0 Å². The van der Waals surface area contributed by atoms with Crippen molar-refractivity contribution in [1.29, 1.82) is 0 Å². The molecule has 7 nitrogen and oxygen atoms in total. The van der Waals surface area contributed by atoms with Crippen LogP contribution in [0.25, 0.3) is 5.82 Å². The fraction of sp³-hybridized carbons (Fsp3) is 0.588. The Labute approximate surface area is 142 Å². The molecule has 0 bridgehead atoms. The lowest BCUT2D eigenvalue weighted by molar-refractivity contribution is 0.151. The molecule has 0 radical (unpaired) electrons. The molecule has 0 unspecified atom stereocenters. The number of likely N-dealkylation sites (tertiary alicyclic amines) is 1. The Morgan fingerprint density at radius 3 is 2.71 bits per heavy atom. The number of aliphatic hydroxyl groups is 1. The molecule has 1 aliphatic heterocycles. The van der Waals surface area contributed by atoms with E-state index in [9.17, 15) is 0 Å². The first kappa shape index (κ1) is 16.9. The van der Waals surface area contributed by atoms with Crippen LogP contribution < -0.4 is 5.32 Å². The third kappa shape index (κ3) is 4.10. The molecular weight excluding hydrogens is 304 g/mol. The van der Waals surface area contributed by atoms with Crippen LogP contribution in [0.3, 0.4) is 0 Å². The van der Waals surface area contributed by atoms with Gasteiger partial charge < -0.3 is 15.3 Å². The van der Waals surface area contributed by atoms with Gasteiger partial charge in [-0.2, -0.15) is 5.10 Å². The fourth-order valence-corrected chi connectivity index (χ4v) is 3.21. The van der Waals surface area contributed by atoms with Crippen LogP contribution in [0, 0.1) is 19.8 Å². The Morgan fingerprint density at radius 2 is 2.04 bits per heavy atom. The molecule has 0 aromatic carbocycles. The molecule has 2 N–H and O–H groups in total. The first-order valence-electron chi connectivity index (χ1n) is 8.58. The van der Waals surface area contributed by atoms with Crippen molar-refractivity contribution in [3.05, 3.63) is 29.8 Å². The highest BCUT2D eigenvalue weighted by molar-refractivity contribution is 5.36. The molecule has 2 aromatic rings. The monoisotopic (exact) mass is 330 g/mol. The number of aromatic nitrogens is 4. The summed E-state index contributed by atoms with van der Waals surface area (Å²) < 4.78 is 1.82. The van der Waals surface area contributed by atoms with Gasteiger partial charge in [0, 0.05) is 18.8 Å². The molecule has 24 heavy (non-hydrogen) atoms. The molecule has 0 aliphatic carbocycles. The Kier molecular flexibility index (Phi) is 5.42. The Morgan fingerprint density at radius 1 is 1.25 bits per heavy atom. The van der Waals surface area contributed by atoms with Crippen LogP contribution >= 0.6 is 0 Å². The summed E-state index contributed by atoms with van der Waals surface area (Å²) in [6, 6.07) is 2.03. The molecule has 1 saturated heterocycles. The number of rotatable bonds is 6. The normalized spacial score (nSPS) is 16.5. The van der Waals surface area contributed by atoms with Gasteiger partial charge in [-0.3, -0.25) is 4.98 Å². The van der Waals surface area contributed by atoms with Crippen LogP contribution in [0.2, 0.25) is 0 Å². The molecule has 0 amide bonds. The van der Waals surface area contributed by atoms with Crippen molar-refractivity contribution in [2.45, 2.75) is 26.7 Å². The summed E-state index contributed by atoms with van der Waals surface area (Å²) >= 11 is 0. The Hall–Kier alpha value is -1.99. The highest BCUT2D eigenvalue weighted by atomic mass is 16.3. The zero-order chi connectivity index (χ0) is 16.9. The molecule has 0 saturated carbocycles. The largest absolute Gasteiger partial charge is 0.395 e. The minimum absolute atomic E-state index is 0.248. The second-order valence-electron chi connectivity index (χ2n) is 6.49. The first-order valence-corrected chi connectivity index (χ1v) is 8.58. The molecule has 130 valence electrons. The van der Waals surface area contributed by atoms with Crippen LogP contribution in [0.4, 0.5) is 5.82 Å². The predicted octanol–water partition coefficient (Wildman–Crippen LogP) is 1.40. The standard InChI is InChI=1S/C17H26N6O/c1-13-9-14(2)23(21-13)17-12-18-11-16(20-17)19-10-15-3-5-22(6-4-15)7-8-24/h9,11-12,15,24H,3-8,10H2,1-2H3,(H,19,20). The topological polar surface area (TPSA) is 79.1 Å². The number of piperidine rings is 1. The van der Waals surface area contributed by atoms with Gasteiger partial charge in [-0.05, 0) is 51.8 Å². The van der Waals surface area contributed by atoms with Gasteiger partial charge in [0.05, 0.1) is 24.7 Å². The molecule has 3 rings (SSSR count). The van der Waals surface area contributed by atoms with Crippen molar-refractivity contribution in [3.8, 4) is 5.82 Å². The lowest BCUT2D eigenvalue weighted by atomic mass is 9.97. The summed E-state index contributed by atoms with van der Waals surface area (Å²) in [6.07, 6.45) is 5.79. The minimum Gasteiger partial charge on any atom is -0.395 e. The number of nitrogens with one attached hydrogen (secondary N) is 1. The molecule has 2 aromatic heterocycles. The molecule has 1 fully saturated rings. The van der Waals surface area contributed by atoms with Crippen molar-refractivity contribution in [1.82, 2.24) is 24.6 Å². The maximum absolute atomic E-state index is 9.00.